The SMILES string of the molecule is CC1CCCC(N)(c2nc(C3CCCCC3)no2)C1. The molecule has 4 nitrogen and oxygen atoms in total. The molecule has 2 fully saturated rings. The summed E-state index contributed by atoms with van der Waals surface area (Å²) < 4.78 is 5.52. The van der Waals surface area contributed by atoms with Gasteiger partial charge in [0.25, 0.3) is 0 Å². The lowest BCUT2D eigenvalue weighted by molar-refractivity contribution is 0.183. The standard InChI is InChI=1S/C15H25N3O/c1-11-6-5-9-15(16,10-11)14-17-13(18-19-14)12-7-3-2-4-8-12/h11-12H,2-10,16H2,1H3. The molecular weight excluding hydrogens is 238 g/mol. The van der Waals surface area contributed by atoms with E-state index in [0.29, 0.717) is 17.7 Å². The minimum absolute atomic E-state index is 0.377. The summed E-state index contributed by atoms with van der Waals surface area (Å²) in [6, 6.07) is 0. The molecule has 2 atom stereocenters. The van der Waals surface area contributed by atoms with Gasteiger partial charge >= 0.3 is 0 Å². The Morgan fingerprint density at radius 3 is 2.68 bits per heavy atom. The molecule has 0 bridgehead atoms. The van der Waals surface area contributed by atoms with Crippen LogP contribution in [0.2, 0.25) is 0 Å². The second kappa shape index (κ2) is 5.23. The van der Waals surface area contributed by atoms with Crippen LogP contribution in [0.15, 0.2) is 4.52 Å². The number of hydrogen-bond donors (Lipinski definition) is 1. The van der Waals surface area contributed by atoms with Crippen molar-refractivity contribution in [3.05, 3.63) is 11.7 Å². The second-order valence-corrected chi connectivity index (χ2v) is 6.65. The van der Waals surface area contributed by atoms with Gasteiger partial charge in [-0.05, 0) is 31.6 Å². The van der Waals surface area contributed by atoms with Crippen LogP contribution < -0.4 is 5.73 Å². The molecule has 19 heavy (non-hydrogen) atoms. The summed E-state index contributed by atoms with van der Waals surface area (Å²) in [6.07, 6.45) is 10.7. The predicted octanol–water partition coefficient (Wildman–Crippen LogP) is 3.48. The van der Waals surface area contributed by atoms with Crippen molar-refractivity contribution >= 4 is 0 Å². The molecule has 106 valence electrons. The summed E-state index contributed by atoms with van der Waals surface area (Å²) in [4.78, 5) is 4.66. The summed E-state index contributed by atoms with van der Waals surface area (Å²) in [5.41, 5.74) is 6.14. The third-order valence-electron chi connectivity index (χ3n) is 4.87. The van der Waals surface area contributed by atoms with Gasteiger partial charge in [0, 0.05) is 5.92 Å². The van der Waals surface area contributed by atoms with Crippen molar-refractivity contribution in [2.75, 3.05) is 0 Å². The molecule has 1 aromatic rings. The monoisotopic (exact) mass is 263 g/mol. The molecule has 0 aromatic carbocycles. The molecule has 0 saturated heterocycles. The van der Waals surface area contributed by atoms with Crippen LogP contribution in [0.1, 0.15) is 82.3 Å². The lowest BCUT2D eigenvalue weighted by Gasteiger charge is -2.33. The van der Waals surface area contributed by atoms with Crippen molar-refractivity contribution in [2.24, 2.45) is 11.7 Å². The van der Waals surface area contributed by atoms with E-state index >= 15 is 0 Å². The molecule has 2 N–H and O–H groups in total. The quantitative estimate of drug-likeness (QED) is 0.887. The van der Waals surface area contributed by atoms with Gasteiger partial charge in [-0.1, -0.05) is 44.2 Å². The Morgan fingerprint density at radius 2 is 1.95 bits per heavy atom. The van der Waals surface area contributed by atoms with E-state index < -0.39 is 0 Å². The maximum atomic E-state index is 6.52. The first-order valence-corrected chi connectivity index (χ1v) is 7.80. The first kappa shape index (κ1) is 13.1. The van der Waals surface area contributed by atoms with E-state index in [0.717, 1.165) is 18.7 Å². The molecule has 2 unspecified atom stereocenters. The zero-order valence-electron chi connectivity index (χ0n) is 11.9. The molecule has 3 rings (SSSR count). The number of hydrogen-bond acceptors (Lipinski definition) is 4. The van der Waals surface area contributed by atoms with Gasteiger partial charge < -0.3 is 10.3 Å². The Labute approximate surface area is 115 Å². The Hall–Kier alpha value is -0.900. The van der Waals surface area contributed by atoms with Gasteiger partial charge in [-0.3, -0.25) is 0 Å². The second-order valence-electron chi connectivity index (χ2n) is 6.65. The van der Waals surface area contributed by atoms with Gasteiger partial charge in [-0.25, -0.2) is 0 Å². The summed E-state index contributed by atoms with van der Waals surface area (Å²) in [5.74, 6) is 2.73. The third-order valence-corrected chi connectivity index (χ3v) is 4.87. The fourth-order valence-electron chi connectivity index (χ4n) is 3.75. The molecule has 1 heterocycles. The molecule has 2 aliphatic carbocycles. The van der Waals surface area contributed by atoms with Gasteiger partial charge in [0.15, 0.2) is 5.82 Å². The van der Waals surface area contributed by atoms with Gasteiger partial charge in [0.1, 0.15) is 0 Å². The lowest BCUT2D eigenvalue weighted by atomic mass is 9.77. The molecular formula is C15H25N3O. The first-order chi connectivity index (χ1) is 9.17. The topological polar surface area (TPSA) is 64.9 Å². The van der Waals surface area contributed by atoms with Gasteiger partial charge in [-0.15, -0.1) is 0 Å². The number of aromatic nitrogens is 2. The maximum Gasteiger partial charge on any atom is 0.246 e. The lowest BCUT2D eigenvalue weighted by Crippen LogP contribution is -2.41. The smallest absolute Gasteiger partial charge is 0.246 e. The normalized spacial score (nSPS) is 33.5. The van der Waals surface area contributed by atoms with Crippen molar-refractivity contribution in [3.8, 4) is 0 Å². The Morgan fingerprint density at radius 1 is 1.16 bits per heavy atom. The van der Waals surface area contributed by atoms with E-state index in [1.165, 1.54) is 44.9 Å². The van der Waals surface area contributed by atoms with Crippen LogP contribution in [-0.2, 0) is 5.54 Å². The van der Waals surface area contributed by atoms with Crippen LogP contribution in [0, 0.1) is 5.92 Å². The minimum Gasteiger partial charge on any atom is -0.337 e. The van der Waals surface area contributed by atoms with Crippen molar-refractivity contribution in [2.45, 2.75) is 76.2 Å². The van der Waals surface area contributed by atoms with Crippen LogP contribution in [-0.4, -0.2) is 10.1 Å². The molecule has 1 aromatic heterocycles. The molecule has 2 aliphatic rings. The minimum atomic E-state index is -0.377. The zero-order valence-corrected chi connectivity index (χ0v) is 11.9. The Kier molecular flexibility index (Phi) is 3.61. The number of rotatable bonds is 2. The summed E-state index contributed by atoms with van der Waals surface area (Å²) in [6.45, 7) is 2.26. The molecule has 0 radical (unpaired) electrons. The largest absolute Gasteiger partial charge is 0.337 e. The van der Waals surface area contributed by atoms with E-state index in [9.17, 15) is 0 Å². The van der Waals surface area contributed by atoms with Crippen molar-refractivity contribution in [1.82, 2.24) is 10.1 Å². The van der Waals surface area contributed by atoms with Crippen molar-refractivity contribution < 1.29 is 4.52 Å². The third kappa shape index (κ3) is 2.69. The van der Waals surface area contributed by atoms with Crippen LogP contribution in [0.4, 0.5) is 0 Å². The summed E-state index contributed by atoms with van der Waals surface area (Å²) >= 11 is 0. The highest BCUT2D eigenvalue weighted by atomic mass is 16.5. The number of nitrogens with two attached hydrogens (primary N) is 1. The average molecular weight is 263 g/mol. The molecule has 0 spiro atoms. The number of nitrogens with zero attached hydrogens (tertiary/aromatic N) is 2. The predicted molar refractivity (Wildman–Crippen MR) is 73.6 cm³/mol. The Balaban J connectivity index is 1.76. The first-order valence-electron chi connectivity index (χ1n) is 7.80. The zero-order chi connectivity index (χ0) is 13.3. The van der Waals surface area contributed by atoms with Crippen molar-refractivity contribution in [1.29, 1.82) is 0 Å². The highest BCUT2D eigenvalue weighted by molar-refractivity contribution is 5.07. The fraction of sp³-hybridized carbons (Fsp3) is 0.867. The molecule has 4 heteroatoms. The molecule has 0 aliphatic heterocycles. The fourth-order valence-corrected chi connectivity index (χ4v) is 3.75. The Bertz CT molecular complexity index is 425. The van der Waals surface area contributed by atoms with E-state index in [2.05, 4.69) is 17.1 Å². The van der Waals surface area contributed by atoms with Crippen LogP contribution >= 0.6 is 0 Å². The van der Waals surface area contributed by atoms with Gasteiger partial charge in [-0.2, -0.15) is 4.98 Å². The van der Waals surface area contributed by atoms with Crippen molar-refractivity contribution in [3.63, 3.8) is 0 Å². The van der Waals surface area contributed by atoms with E-state index in [-0.39, 0.29) is 5.54 Å². The summed E-state index contributed by atoms with van der Waals surface area (Å²) in [5, 5.41) is 4.22. The van der Waals surface area contributed by atoms with E-state index in [1.54, 1.807) is 0 Å². The maximum absolute atomic E-state index is 6.52. The highest BCUT2D eigenvalue weighted by Gasteiger charge is 2.38. The average Bonchev–Trinajstić information content (AvgIpc) is 2.90. The van der Waals surface area contributed by atoms with Gasteiger partial charge in [0.2, 0.25) is 5.89 Å². The highest BCUT2D eigenvalue weighted by Crippen LogP contribution is 2.38. The summed E-state index contributed by atoms with van der Waals surface area (Å²) in [7, 11) is 0. The van der Waals surface area contributed by atoms with Crippen LogP contribution in [0.25, 0.3) is 0 Å². The molecule has 2 saturated carbocycles. The van der Waals surface area contributed by atoms with E-state index in [1.807, 2.05) is 0 Å². The van der Waals surface area contributed by atoms with Crippen LogP contribution in [0.3, 0.4) is 0 Å². The van der Waals surface area contributed by atoms with E-state index in [4.69, 9.17) is 10.3 Å². The van der Waals surface area contributed by atoms with Gasteiger partial charge in [0.05, 0.1) is 5.54 Å². The molecule has 0 amide bonds. The van der Waals surface area contributed by atoms with Crippen LogP contribution in [0.5, 0.6) is 0 Å².